The topological polar surface area (TPSA) is 111 Å². The van der Waals surface area contributed by atoms with Gasteiger partial charge in [-0.05, 0) is 141 Å². The molecule has 0 rings (SSSR count). The second kappa shape index (κ2) is 81.9. The molecule has 0 N–H and O–H groups in total. The van der Waals surface area contributed by atoms with Gasteiger partial charge in [0.2, 0.25) is 0 Å². The smallest absolute Gasteiger partial charge is 0.306 e. The number of likely N-dealkylation sites (N-methyl/N-ethyl adjacent to an activating group) is 1. The Kier molecular flexibility index (Phi) is 77.9. The second-order valence-electron chi connectivity index (χ2n) is 28.7. The third kappa shape index (κ3) is 85.8. The minimum Gasteiger partial charge on any atom is -0.756 e. The summed E-state index contributed by atoms with van der Waals surface area (Å²) in [6.45, 7) is 4.01. The summed E-state index contributed by atoms with van der Waals surface area (Å²) in [4.78, 5) is 38.2. The number of phosphoric ester groups is 1. The first-order chi connectivity index (χ1) is 51.0. The molecule has 0 aliphatic heterocycles. The van der Waals surface area contributed by atoms with Crippen molar-refractivity contribution in [3.05, 3.63) is 194 Å². The zero-order valence-corrected chi connectivity index (χ0v) is 68.3. The molecule has 590 valence electrons. The van der Waals surface area contributed by atoms with Crippen molar-refractivity contribution in [3.8, 4) is 0 Å². The van der Waals surface area contributed by atoms with E-state index in [1.807, 2.05) is 21.1 Å². The van der Waals surface area contributed by atoms with Crippen molar-refractivity contribution in [3.63, 3.8) is 0 Å². The number of ether oxygens (including phenoxy) is 2. The predicted molar refractivity (Wildman–Crippen MR) is 452 cm³/mol. The van der Waals surface area contributed by atoms with Gasteiger partial charge in [-0.1, -0.05) is 375 Å². The van der Waals surface area contributed by atoms with Gasteiger partial charge in [0.05, 0.1) is 27.7 Å². The SMILES string of the molecule is CC/C=C\C/C=C\C/C=C\C/C=C\C/C=C\C/C=C\C/C=C\C/C=C\C/C=C\C/C=C\CCCCCCCCCCC(=O)OC(COC(=O)CCCCCCCCCCCCCCCCCCCCCCCC/C=C\C/C=C\C/C=C\C/C=C\C/C=C\C/C=C\CC)COP(=O)([O-])OCC[N+](C)(C)C. The van der Waals surface area contributed by atoms with Crippen molar-refractivity contribution in [2.24, 2.45) is 0 Å². The molecule has 0 fully saturated rings. The second-order valence-corrected chi connectivity index (χ2v) is 30.1. The highest BCUT2D eigenvalue weighted by Gasteiger charge is 2.22. The summed E-state index contributed by atoms with van der Waals surface area (Å²) in [7, 11) is 1.15. The Morgan fingerprint density at radius 3 is 0.769 bits per heavy atom. The third-order valence-corrected chi connectivity index (χ3v) is 18.6. The van der Waals surface area contributed by atoms with Gasteiger partial charge in [-0.25, -0.2) is 0 Å². The molecule has 2 unspecified atom stereocenters. The first-order valence-electron chi connectivity index (χ1n) is 42.1. The van der Waals surface area contributed by atoms with Crippen molar-refractivity contribution in [1.29, 1.82) is 0 Å². The normalized spacial score (nSPS) is 14.0. The summed E-state index contributed by atoms with van der Waals surface area (Å²) in [6, 6.07) is 0. The number of hydrogen-bond acceptors (Lipinski definition) is 8. The van der Waals surface area contributed by atoms with Crippen molar-refractivity contribution >= 4 is 19.8 Å². The number of allylic oxidation sites excluding steroid dienone is 32. The van der Waals surface area contributed by atoms with Crippen molar-refractivity contribution in [2.75, 3.05) is 47.5 Å². The number of carbonyl (C=O) groups excluding carboxylic acids is 2. The van der Waals surface area contributed by atoms with Crippen LogP contribution in [0.1, 0.15) is 335 Å². The first-order valence-corrected chi connectivity index (χ1v) is 43.6. The molecule has 0 amide bonds. The van der Waals surface area contributed by atoms with Crippen LogP contribution in [-0.2, 0) is 32.7 Å². The number of quaternary nitrogens is 1. The quantitative estimate of drug-likeness (QED) is 0.0195. The van der Waals surface area contributed by atoms with Crippen LogP contribution in [0.3, 0.4) is 0 Å². The standard InChI is InChI=1S/C94H156NO8P/c1-6-8-10-12-14-16-18-20-22-24-26-28-30-32-34-36-38-40-42-44-46-47-49-50-52-54-56-58-60-62-64-66-68-70-72-74-76-78-80-82-84-86-93(96)100-90-92(91-102-104(98,99)101-89-88-95(3,4)5)103-94(97)87-85-83-81-79-77-75-73-71-69-67-65-63-61-59-57-55-53-51-48-45-43-41-39-37-35-33-31-29-27-25-23-21-19-17-15-13-11-9-7-2/h8-11,14-17,20-23,26-29,32-35,38-41,45,48,53,55,59,61,65,67,92H,6-7,12-13,18-19,24-25,30-31,36-37,42-44,46-47,49-52,54,56-58,60,62-64,66,68-91H2,1-5H3/b10-8-,11-9-,16-14-,17-15-,22-20-,23-21-,28-26-,29-27-,34-32-,35-33-,40-38-,41-39-,48-45-,55-53-,61-59-,67-65-. The van der Waals surface area contributed by atoms with E-state index in [1.54, 1.807) is 0 Å². The van der Waals surface area contributed by atoms with Gasteiger partial charge in [0.1, 0.15) is 19.8 Å². The van der Waals surface area contributed by atoms with E-state index < -0.39 is 26.5 Å². The van der Waals surface area contributed by atoms with Crippen LogP contribution >= 0.6 is 7.82 Å². The Labute approximate surface area is 641 Å². The molecule has 10 heteroatoms. The van der Waals surface area contributed by atoms with Gasteiger partial charge < -0.3 is 27.9 Å². The lowest BCUT2D eigenvalue weighted by Gasteiger charge is -2.28. The molecule has 9 nitrogen and oxygen atoms in total. The van der Waals surface area contributed by atoms with Crippen LogP contribution in [0.15, 0.2) is 194 Å². The molecule has 0 bridgehead atoms. The summed E-state index contributed by atoms with van der Waals surface area (Å²) >= 11 is 0. The van der Waals surface area contributed by atoms with Gasteiger partial charge >= 0.3 is 11.9 Å². The van der Waals surface area contributed by atoms with E-state index in [9.17, 15) is 19.0 Å². The molecule has 0 aromatic heterocycles. The van der Waals surface area contributed by atoms with Crippen molar-refractivity contribution in [2.45, 2.75) is 341 Å². The third-order valence-electron chi connectivity index (χ3n) is 17.6. The van der Waals surface area contributed by atoms with Crippen LogP contribution in [-0.4, -0.2) is 70.0 Å². The fraction of sp³-hybridized carbons (Fsp3) is 0.638. The van der Waals surface area contributed by atoms with Crippen LogP contribution in [0.5, 0.6) is 0 Å². The van der Waals surface area contributed by atoms with E-state index in [1.165, 1.54) is 154 Å². The van der Waals surface area contributed by atoms with Crippen LogP contribution < -0.4 is 4.89 Å². The molecule has 0 spiro atoms. The monoisotopic (exact) mass is 1460 g/mol. The Morgan fingerprint density at radius 2 is 0.519 bits per heavy atom. The molecule has 0 saturated carbocycles. The van der Waals surface area contributed by atoms with Gasteiger partial charge in [0.25, 0.3) is 7.82 Å². The lowest BCUT2D eigenvalue weighted by atomic mass is 10.0. The number of rotatable bonds is 76. The molecular weight excluding hydrogens is 1300 g/mol. The van der Waals surface area contributed by atoms with Crippen LogP contribution in [0, 0.1) is 0 Å². The Hall–Kier alpha value is -5.15. The van der Waals surface area contributed by atoms with Crippen molar-refractivity contribution < 1.29 is 42.1 Å². The zero-order valence-electron chi connectivity index (χ0n) is 67.4. The highest BCUT2D eigenvalue weighted by atomic mass is 31.2. The summed E-state index contributed by atoms with van der Waals surface area (Å²) in [6.07, 6.45) is 127. The first kappa shape index (κ1) is 98.8. The minimum atomic E-state index is -4.66. The van der Waals surface area contributed by atoms with Gasteiger partial charge in [-0.2, -0.15) is 0 Å². The largest absolute Gasteiger partial charge is 0.756 e. The summed E-state index contributed by atoms with van der Waals surface area (Å²) in [5.41, 5.74) is 0. The zero-order chi connectivity index (χ0) is 75.4. The van der Waals surface area contributed by atoms with Crippen LogP contribution in [0.25, 0.3) is 0 Å². The van der Waals surface area contributed by atoms with E-state index in [0.717, 1.165) is 148 Å². The number of unbranched alkanes of at least 4 members (excludes halogenated alkanes) is 30. The Morgan fingerprint density at radius 1 is 0.298 bits per heavy atom. The highest BCUT2D eigenvalue weighted by Crippen LogP contribution is 2.38. The fourth-order valence-electron chi connectivity index (χ4n) is 11.3. The van der Waals surface area contributed by atoms with Crippen LogP contribution in [0.4, 0.5) is 0 Å². The molecule has 0 aromatic carbocycles. The lowest BCUT2D eigenvalue weighted by Crippen LogP contribution is -2.37. The minimum absolute atomic E-state index is 0.0396. The maximum atomic E-state index is 12.9. The maximum Gasteiger partial charge on any atom is 0.306 e. The lowest BCUT2D eigenvalue weighted by molar-refractivity contribution is -0.870. The predicted octanol–water partition coefficient (Wildman–Crippen LogP) is 28.1. The summed E-state index contributed by atoms with van der Waals surface area (Å²) in [5.74, 6) is -0.842. The molecule has 104 heavy (non-hydrogen) atoms. The summed E-state index contributed by atoms with van der Waals surface area (Å²) in [5, 5.41) is 0. The fourth-order valence-corrected chi connectivity index (χ4v) is 12.0. The Bertz CT molecular complexity index is 2470. The molecular formula is C94H156NO8P. The molecule has 0 aliphatic rings. The van der Waals surface area contributed by atoms with Crippen molar-refractivity contribution in [1.82, 2.24) is 0 Å². The average molecular weight is 1460 g/mol. The molecule has 0 saturated heterocycles. The van der Waals surface area contributed by atoms with Crippen LogP contribution in [0.2, 0.25) is 0 Å². The summed E-state index contributed by atoms with van der Waals surface area (Å²) < 4.78 is 34.4. The van der Waals surface area contributed by atoms with E-state index >= 15 is 0 Å². The Balaban J connectivity index is 4.01. The number of esters is 2. The molecule has 0 aliphatic carbocycles. The van der Waals surface area contributed by atoms with E-state index in [0.29, 0.717) is 17.4 Å². The number of nitrogens with zero attached hydrogens (tertiary/aromatic N) is 1. The number of phosphoric acid groups is 1. The average Bonchev–Trinajstić information content (AvgIpc) is 0.915. The van der Waals surface area contributed by atoms with E-state index in [4.69, 9.17) is 18.5 Å². The maximum absolute atomic E-state index is 12.9. The van der Waals surface area contributed by atoms with Gasteiger partial charge in [0, 0.05) is 12.8 Å². The van der Waals surface area contributed by atoms with Gasteiger partial charge in [-0.3, -0.25) is 14.2 Å². The van der Waals surface area contributed by atoms with Gasteiger partial charge in [-0.15, -0.1) is 0 Å². The molecule has 2 atom stereocenters. The molecule has 0 aromatic rings. The number of carbonyl (C=O) groups is 2. The van der Waals surface area contributed by atoms with E-state index in [2.05, 4.69) is 208 Å². The highest BCUT2D eigenvalue weighted by molar-refractivity contribution is 7.45. The van der Waals surface area contributed by atoms with E-state index in [-0.39, 0.29) is 32.0 Å². The van der Waals surface area contributed by atoms with Gasteiger partial charge in [0.15, 0.2) is 6.10 Å². The molecule has 0 heterocycles. The number of hydrogen-bond donors (Lipinski definition) is 0. The molecule has 0 radical (unpaired) electrons.